The molecule has 1 fully saturated rings. The van der Waals surface area contributed by atoms with Crippen LogP contribution in [0.2, 0.25) is 5.02 Å². The number of hydrogen-bond acceptors (Lipinski definition) is 5. The average Bonchev–Trinajstić information content (AvgIpc) is 3.13. The second kappa shape index (κ2) is 11.6. The van der Waals surface area contributed by atoms with E-state index in [1.807, 2.05) is 24.3 Å². The smallest absolute Gasteiger partial charge is 0.293 e. The number of imide groups is 1. The van der Waals surface area contributed by atoms with Gasteiger partial charge in [-0.15, -0.1) is 0 Å². The molecule has 37 heavy (non-hydrogen) atoms. The summed E-state index contributed by atoms with van der Waals surface area (Å²) in [6.45, 7) is 3.71. The average molecular weight is 539 g/mol. The van der Waals surface area contributed by atoms with Crippen LogP contribution >= 0.6 is 23.4 Å². The summed E-state index contributed by atoms with van der Waals surface area (Å²) >= 11 is 6.82. The van der Waals surface area contributed by atoms with E-state index >= 15 is 0 Å². The van der Waals surface area contributed by atoms with E-state index in [1.165, 1.54) is 18.2 Å². The Hall–Kier alpha value is -3.62. The van der Waals surface area contributed by atoms with Gasteiger partial charge < -0.3 is 10.1 Å². The Kier molecular flexibility index (Phi) is 8.31. The molecule has 3 amide bonds. The molecular formula is C28H24ClFN2O4S. The minimum Gasteiger partial charge on any atom is -0.484 e. The third kappa shape index (κ3) is 6.39. The van der Waals surface area contributed by atoms with Gasteiger partial charge in [0.25, 0.3) is 17.1 Å². The van der Waals surface area contributed by atoms with E-state index in [2.05, 4.69) is 19.2 Å². The molecule has 0 spiro atoms. The maximum Gasteiger partial charge on any atom is 0.293 e. The highest BCUT2D eigenvalue weighted by Gasteiger charge is 2.35. The number of anilines is 1. The summed E-state index contributed by atoms with van der Waals surface area (Å²) < 4.78 is 19.7. The van der Waals surface area contributed by atoms with Gasteiger partial charge in [0.2, 0.25) is 0 Å². The molecular weight excluding hydrogens is 515 g/mol. The Bertz CT molecular complexity index is 1350. The van der Waals surface area contributed by atoms with Crippen molar-refractivity contribution < 1.29 is 23.5 Å². The summed E-state index contributed by atoms with van der Waals surface area (Å²) in [5.74, 6) is -0.631. The van der Waals surface area contributed by atoms with Gasteiger partial charge in [0.1, 0.15) is 11.6 Å². The summed E-state index contributed by atoms with van der Waals surface area (Å²) in [4.78, 5) is 38.8. The van der Waals surface area contributed by atoms with Crippen LogP contribution in [0.5, 0.6) is 5.75 Å². The van der Waals surface area contributed by atoms with Crippen LogP contribution in [0.25, 0.3) is 6.08 Å². The molecule has 0 atom stereocenters. The lowest BCUT2D eigenvalue weighted by atomic mass is 10.0. The molecule has 0 unspecified atom stereocenters. The lowest BCUT2D eigenvalue weighted by molar-refractivity contribution is -0.123. The fourth-order valence-electron chi connectivity index (χ4n) is 3.74. The number of amides is 3. The van der Waals surface area contributed by atoms with E-state index in [-0.39, 0.29) is 40.5 Å². The molecule has 0 aromatic heterocycles. The molecule has 0 saturated carbocycles. The molecule has 1 aliphatic rings. The van der Waals surface area contributed by atoms with Crippen LogP contribution in [0.4, 0.5) is 14.9 Å². The van der Waals surface area contributed by atoms with Crippen molar-refractivity contribution in [2.75, 3.05) is 11.9 Å². The monoisotopic (exact) mass is 538 g/mol. The number of nitrogens with zero attached hydrogens (tertiary/aromatic N) is 1. The van der Waals surface area contributed by atoms with Gasteiger partial charge in [-0.1, -0.05) is 61.8 Å². The largest absolute Gasteiger partial charge is 0.484 e. The summed E-state index contributed by atoms with van der Waals surface area (Å²) in [6.07, 6.45) is 1.58. The fraction of sp³-hybridized carbons (Fsp3) is 0.179. The van der Waals surface area contributed by atoms with E-state index in [9.17, 15) is 18.8 Å². The Morgan fingerprint density at radius 2 is 1.81 bits per heavy atom. The molecule has 1 saturated heterocycles. The van der Waals surface area contributed by atoms with E-state index in [0.29, 0.717) is 11.3 Å². The minimum absolute atomic E-state index is 0.0888. The van der Waals surface area contributed by atoms with Crippen molar-refractivity contribution in [3.05, 3.63) is 99.2 Å². The number of thioether (sulfide) groups is 1. The molecule has 3 aromatic carbocycles. The number of rotatable bonds is 8. The van der Waals surface area contributed by atoms with Crippen LogP contribution in [0.15, 0.2) is 71.6 Å². The molecule has 0 bridgehead atoms. The quantitative estimate of drug-likeness (QED) is 0.317. The Morgan fingerprint density at radius 1 is 1.08 bits per heavy atom. The molecule has 1 aliphatic heterocycles. The summed E-state index contributed by atoms with van der Waals surface area (Å²) in [5, 5.41) is 2.53. The maximum atomic E-state index is 14.1. The minimum atomic E-state index is -0.580. The lowest BCUT2D eigenvalue weighted by Gasteiger charge is -2.14. The number of ether oxygens (including phenoxy) is 1. The number of carbonyl (C=O) groups is 3. The first kappa shape index (κ1) is 26.4. The predicted octanol–water partition coefficient (Wildman–Crippen LogP) is 6.86. The normalized spacial score (nSPS) is 14.5. The molecule has 9 heteroatoms. The molecule has 0 aliphatic carbocycles. The molecule has 3 aromatic rings. The van der Waals surface area contributed by atoms with Crippen molar-refractivity contribution in [1.82, 2.24) is 4.90 Å². The highest BCUT2D eigenvalue weighted by atomic mass is 35.5. The van der Waals surface area contributed by atoms with E-state index in [4.69, 9.17) is 16.3 Å². The van der Waals surface area contributed by atoms with Gasteiger partial charge in [0.15, 0.2) is 6.61 Å². The highest BCUT2D eigenvalue weighted by molar-refractivity contribution is 8.18. The number of para-hydroxylation sites is 1. The zero-order valence-corrected chi connectivity index (χ0v) is 21.7. The van der Waals surface area contributed by atoms with Crippen molar-refractivity contribution in [3.63, 3.8) is 0 Å². The number of benzene rings is 3. The van der Waals surface area contributed by atoms with Gasteiger partial charge in [0.05, 0.1) is 11.4 Å². The van der Waals surface area contributed by atoms with Crippen molar-refractivity contribution in [2.45, 2.75) is 26.3 Å². The lowest BCUT2D eigenvalue weighted by Crippen LogP contribution is -2.28. The van der Waals surface area contributed by atoms with Crippen molar-refractivity contribution >= 4 is 52.2 Å². The molecule has 1 heterocycles. The number of halogens is 2. The third-order valence-corrected chi connectivity index (χ3v) is 6.92. The third-order valence-electron chi connectivity index (χ3n) is 5.66. The predicted molar refractivity (Wildman–Crippen MR) is 144 cm³/mol. The van der Waals surface area contributed by atoms with Gasteiger partial charge in [-0.2, -0.15) is 0 Å². The Morgan fingerprint density at radius 3 is 2.51 bits per heavy atom. The number of nitrogens with one attached hydrogen (secondary N) is 1. The molecule has 4 rings (SSSR count). The first-order chi connectivity index (χ1) is 17.7. The van der Waals surface area contributed by atoms with Crippen LogP contribution in [0, 0.1) is 5.82 Å². The topological polar surface area (TPSA) is 75.7 Å². The van der Waals surface area contributed by atoms with Crippen LogP contribution < -0.4 is 10.1 Å². The van der Waals surface area contributed by atoms with Crippen LogP contribution in [0.1, 0.15) is 36.5 Å². The second-order valence-electron chi connectivity index (χ2n) is 8.62. The summed E-state index contributed by atoms with van der Waals surface area (Å²) in [6, 6.07) is 18.6. The van der Waals surface area contributed by atoms with Gasteiger partial charge >= 0.3 is 0 Å². The second-order valence-corrected chi connectivity index (χ2v) is 10.0. The number of hydrogen-bond donors (Lipinski definition) is 1. The Labute approximate surface area is 223 Å². The maximum absolute atomic E-state index is 14.1. The zero-order valence-electron chi connectivity index (χ0n) is 20.2. The first-order valence-corrected chi connectivity index (χ1v) is 12.7. The molecule has 1 N–H and O–H groups in total. The van der Waals surface area contributed by atoms with Gasteiger partial charge in [0, 0.05) is 16.3 Å². The SMILES string of the molecule is CC(C)c1ccccc1NC(=O)COc1ccc(C=C2SC(=O)N(Cc3c(F)cccc3Cl)C2=O)cc1. The first-order valence-electron chi connectivity index (χ1n) is 11.5. The zero-order chi connectivity index (χ0) is 26.5. The van der Waals surface area contributed by atoms with Gasteiger partial charge in [-0.25, -0.2) is 4.39 Å². The van der Waals surface area contributed by atoms with E-state index < -0.39 is 17.0 Å². The number of carbonyl (C=O) groups excluding carboxylic acids is 3. The van der Waals surface area contributed by atoms with Crippen molar-refractivity contribution in [1.29, 1.82) is 0 Å². The van der Waals surface area contributed by atoms with Gasteiger partial charge in [-0.3, -0.25) is 19.3 Å². The van der Waals surface area contributed by atoms with Crippen LogP contribution in [-0.4, -0.2) is 28.6 Å². The van der Waals surface area contributed by atoms with Crippen LogP contribution in [0.3, 0.4) is 0 Å². The summed E-state index contributed by atoms with van der Waals surface area (Å²) in [5.41, 5.74) is 2.55. The molecule has 190 valence electrons. The van der Waals surface area contributed by atoms with Crippen molar-refractivity contribution in [2.24, 2.45) is 0 Å². The summed E-state index contributed by atoms with van der Waals surface area (Å²) in [7, 11) is 0. The Balaban J connectivity index is 1.36. The fourth-order valence-corrected chi connectivity index (χ4v) is 4.80. The molecule has 0 radical (unpaired) electrons. The van der Waals surface area contributed by atoms with E-state index in [1.54, 1.807) is 30.3 Å². The standard InChI is InChI=1S/C28H24ClFN2O4S/c1-17(2)20-6-3-4-9-24(20)31-26(33)16-36-19-12-10-18(11-13-19)14-25-27(34)32(28(35)37-25)15-21-22(29)7-5-8-23(21)30/h3-14,17H,15-16H2,1-2H3,(H,31,33). The van der Waals surface area contributed by atoms with E-state index in [0.717, 1.165) is 27.9 Å². The molecule has 6 nitrogen and oxygen atoms in total. The van der Waals surface area contributed by atoms with Gasteiger partial charge in [-0.05, 0) is 65.2 Å². The van der Waals surface area contributed by atoms with Crippen molar-refractivity contribution in [3.8, 4) is 5.75 Å². The van der Waals surface area contributed by atoms with Crippen LogP contribution in [-0.2, 0) is 16.1 Å². The highest BCUT2D eigenvalue weighted by Crippen LogP contribution is 2.35.